The number of aromatic amines is 1. The number of amides is 2. The summed E-state index contributed by atoms with van der Waals surface area (Å²) in [5.41, 5.74) is 2.61. The van der Waals surface area contributed by atoms with Crippen LogP contribution in [0.2, 0.25) is 0 Å². The average molecular weight is 615 g/mol. The highest BCUT2D eigenvalue weighted by molar-refractivity contribution is 6.12. The molecule has 0 spiro atoms. The van der Waals surface area contributed by atoms with Crippen LogP contribution in [-0.2, 0) is 28.2 Å². The third-order valence-electron chi connectivity index (χ3n) is 9.29. The molecule has 2 amide bonds. The standard InChI is InChI=1S/C37H34N4O5/c1-24(10-9-17-34(43)39-22-26-12-6-5-11-25(26)20-29(39)23-42)37(46)31-21-28(41-35(44)30-15-7-8-16-32(30)38-41)18-19-33(31)40(36(37)45)27-13-3-2-4-14-27/h2-16,18-19,21,24,29,38,42,46H,17,20,22-23H2,1H3/b10-9+/t24-,29+,37+/m1/s1. The highest BCUT2D eigenvalue weighted by Crippen LogP contribution is 2.48. The van der Waals surface area contributed by atoms with Crippen molar-refractivity contribution in [2.24, 2.45) is 5.92 Å². The number of nitrogens with one attached hydrogen (secondary N) is 1. The summed E-state index contributed by atoms with van der Waals surface area (Å²) in [6, 6.07) is 29.1. The topological polar surface area (TPSA) is 119 Å². The largest absolute Gasteiger partial charge is 0.394 e. The van der Waals surface area contributed by atoms with E-state index in [1.54, 1.807) is 66.4 Å². The monoisotopic (exact) mass is 614 g/mol. The number of aromatic nitrogens is 2. The Bertz CT molecular complexity index is 2050. The van der Waals surface area contributed by atoms with Gasteiger partial charge in [-0.1, -0.05) is 73.7 Å². The maximum absolute atomic E-state index is 14.2. The van der Waals surface area contributed by atoms with E-state index >= 15 is 0 Å². The lowest BCUT2D eigenvalue weighted by Gasteiger charge is -2.36. The number of fused-ring (bicyclic) bond motifs is 3. The molecule has 9 nitrogen and oxygen atoms in total. The Hall–Kier alpha value is -5.25. The molecule has 4 aromatic carbocycles. The van der Waals surface area contributed by atoms with Crippen LogP contribution < -0.4 is 10.5 Å². The maximum atomic E-state index is 14.2. The number of nitrogens with zero attached hydrogens (tertiary/aromatic N) is 3. The van der Waals surface area contributed by atoms with E-state index < -0.39 is 17.4 Å². The number of hydrogen-bond donors (Lipinski definition) is 3. The minimum Gasteiger partial charge on any atom is -0.394 e. The second-order valence-electron chi connectivity index (χ2n) is 12.0. The third kappa shape index (κ3) is 4.76. The summed E-state index contributed by atoms with van der Waals surface area (Å²) >= 11 is 0. The van der Waals surface area contributed by atoms with Gasteiger partial charge in [-0.05, 0) is 60.0 Å². The number of aliphatic hydroxyl groups is 2. The number of para-hydroxylation sites is 2. The fourth-order valence-electron chi connectivity index (χ4n) is 6.74. The van der Waals surface area contributed by atoms with Gasteiger partial charge in [0.2, 0.25) is 5.91 Å². The van der Waals surface area contributed by atoms with Crippen LogP contribution in [0.4, 0.5) is 11.4 Å². The Morgan fingerprint density at radius 3 is 2.43 bits per heavy atom. The van der Waals surface area contributed by atoms with Crippen molar-refractivity contribution in [3.63, 3.8) is 0 Å². The van der Waals surface area contributed by atoms with Crippen molar-refractivity contribution < 1.29 is 19.8 Å². The smallest absolute Gasteiger partial charge is 0.279 e. The minimum absolute atomic E-state index is 0.0486. The molecule has 9 heteroatoms. The Kier molecular flexibility index (Phi) is 7.43. The van der Waals surface area contributed by atoms with Gasteiger partial charge in [0.25, 0.3) is 11.5 Å². The summed E-state index contributed by atoms with van der Waals surface area (Å²) in [7, 11) is 0. The molecule has 3 N–H and O–H groups in total. The summed E-state index contributed by atoms with van der Waals surface area (Å²) in [4.78, 5) is 44.0. The Balaban J connectivity index is 1.21. The van der Waals surface area contributed by atoms with Gasteiger partial charge >= 0.3 is 0 Å². The van der Waals surface area contributed by atoms with Crippen LogP contribution in [0, 0.1) is 5.92 Å². The molecule has 46 heavy (non-hydrogen) atoms. The predicted molar refractivity (Wildman–Crippen MR) is 176 cm³/mol. The van der Waals surface area contributed by atoms with E-state index in [1.165, 1.54) is 9.58 Å². The van der Waals surface area contributed by atoms with Gasteiger partial charge in [-0.2, -0.15) is 0 Å². The molecule has 3 atom stereocenters. The molecule has 3 heterocycles. The molecule has 0 radical (unpaired) electrons. The Labute approximate surface area is 265 Å². The van der Waals surface area contributed by atoms with Crippen LogP contribution in [-0.4, -0.2) is 49.4 Å². The Morgan fingerprint density at radius 1 is 0.957 bits per heavy atom. The lowest BCUT2D eigenvalue weighted by Crippen LogP contribution is -2.46. The number of carbonyl (C=O) groups is 2. The van der Waals surface area contributed by atoms with E-state index in [4.69, 9.17) is 0 Å². The average Bonchev–Trinajstić information content (AvgIpc) is 3.54. The lowest BCUT2D eigenvalue weighted by molar-refractivity contribution is -0.138. The van der Waals surface area contributed by atoms with Crippen molar-refractivity contribution >= 4 is 34.1 Å². The number of carbonyl (C=O) groups excluding carboxylic acids is 2. The van der Waals surface area contributed by atoms with Crippen molar-refractivity contribution in [1.29, 1.82) is 0 Å². The van der Waals surface area contributed by atoms with Gasteiger partial charge in [0.15, 0.2) is 5.60 Å². The van der Waals surface area contributed by atoms with Crippen molar-refractivity contribution in [3.8, 4) is 5.69 Å². The zero-order chi connectivity index (χ0) is 32.0. The fraction of sp³-hybridized carbons (Fsp3) is 0.216. The number of anilines is 2. The van der Waals surface area contributed by atoms with Crippen LogP contribution in [0.25, 0.3) is 16.6 Å². The third-order valence-corrected chi connectivity index (χ3v) is 9.29. The molecule has 1 aromatic heterocycles. The summed E-state index contributed by atoms with van der Waals surface area (Å²) in [6.07, 6.45) is 4.01. The van der Waals surface area contributed by atoms with Crippen molar-refractivity contribution in [1.82, 2.24) is 14.7 Å². The molecule has 0 saturated carbocycles. The van der Waals surface area contributed by atoms with Crippen LogP contribution >= 0.6 is 0 Å². The van der Waals surface area contributed by atoms with Gasteiger partial charge in [-0.3, -0.25) is 24.4 Å². The SMILES string of the molecule is C[C@H](/C=C/CC(=O)N1Cc2ccccc2C[C@H]1CO)[C@@]1(O)C(=O)N(c2ccccc2)c2ccc(-n3[nH]c4ccccc4c3=O)cc21. The number of aliphatic hydroxyl groups excluding tert-OH is 1. The van der Waals surface area contributed by atoms with Gasteiger partial charge in [-0.15, -0.1) is 0 Å². The van der Waals surface area contributed by atoms with E-state index in [1.807, 2.05) is 54.6 Å². The van der Waals surface area contributed by atoms with Gasteiger partial charge in [0, 0.05) is 30.1 Å². The Morgan fingerprint density at radius 2 is 1.67 bits per heavy atom. The fourth-order valence-corrected chi connectivity index (χ4v) is 6.74. The van der Waals surface area contributed by atoms with Crippen LogP contribution in [0.3, 0.4) is 0 Å². The first-order valence-corrected chi connectivity index (χ1v) is 15.4. The summed E-state index contributed by atoms with van der Waals surface area (Å²) < 4.78 is 1.41. The van der Waals surface area contributed by atoms with Crippen molar-refractivity contribution in [2.45, 2.75) is 38.0 Å². The van der Waals surface area contributed by atoms with E-state index in [9.17, 15) is 24.6 Å². The second kappa shape index (κ2) is 11.6. The molecule has 232 valence electrons. The van der Waals surface area contributed by atoms with E-state index in [2.05, 4.69) is 5.10 Å². The highest BCUT2D eigenvalue weighted by atomic mass is 16.3. The van der Waals surface area contributed by atoms with Gasteiger partial charge < -0.3 is 15.1 Å². The van der Waals surface area contributed by atoms with Gasteiger partial charge in [0.05, 0.1) is 34.9 Å². The molecule has 2 aliphatic heterocycles. The second-order valence-corrected chi connectivity index (χ2v) is 12.0. The van der Waals surface area contributed by atoms with E-state index in [0.717, 1.165) is 11.1 Å². The molecular weight excluding hydrogens is 580 g/mol. The zero-order valence-electron chi connectivity index (χ0n) is 25.3. The van der Waals surface area contributed by atoms with Crippen molar-refractivity contribution in [2.75, 3.05) is 11.5 Å². The van der Waals surface area contributed by atoms with E-state index in [0.29, 0.717) is 46.5 Å². The molecule has 7 rings (SSSR count). The first kappa shape index (κ1) is 29.5. The lowest BCUT2D eigenvalue weighted by atomic mass is 9.82. The van der Waals surface area contributed by atoms with E-state index in [-0.39, 0.29) is 30.5 Å². The minimum atomic E-state index is -1.98. The van der Waals surface area contributed by atoms with Crippen LogP contribution in [0.1, 0.15) is 30.0 Å². The van der Waals surface area contributed by atoms with Crippen LogP contribution in [0.5, 0.6) is 0 Å². The molecule has 0 fully saturated rings. The molecule has 0 unspecified atom stereocenters. The van der Waals surface area contributed by atoms with Gasteiger partial charge in [-0.25, -0.2) is 4.68 Å². The molecule has 5 aromatic rings. The number of benzene rings is 4. The molecule has 0 bridgehead atoms. The predicted octanol–water partition coefficient (Wildman–Crippen LogP) is 4.71. The molecule has 2 aliphatic rings. The molecule has 0 aliphatic carbocycles. The van der Waals surface area contributed by atoms with Crippen LogP contribution in [0.15, 0.2) is 114 Å². The first-order chi connectivity index (χ1) is 22.3. The van der Waals surface area contributed by atoms with Gasteiger partial charge in [0.1, 0.15) is 0 Å². The molecular formula is C37H34N4O5. The van der Waals surface area contributed by atoms with Crippen molar-refractivity contribution in [3.05, 3.63) is 136 Å². The number of hydrogen-bond acceptors (Lipinski definition) is 5. The quantitative estimate of drug-likeness (QED) is 0.230. The number of rotatable bonds is 7. The highest BCUT2D eigenvalue weighted by Gasteiger charge is 2.53. The number of H-pyrrole nitrogens is 1. The summed E-state index contributed by atoms with van der Waals surface area (Å²) in [5.74, 6) is -1.40. The summed E-state index contributed by atoms with van der Waals surface area (Å²) in [6.45, 7) is 2.02. The first-order valence-electron chi connectivity index (χ1n) is 15.4. The normalized spacial score (nSPS) is 19.9. The summed E-state index contributed by atoms with van der Waals surface area (Å²) in [5, 5.41) is 26.0. The molecule has 0 saturated heterocycles. The maximum Gasteiger partial charge on any atom is 0.279 e. The zero-order valence-corrected chi connectivity index (χ0v) is 25.3.